The molecule has 1 unspecified atom stereocenters. The lowest BCUT2D eigenvalue weighted by Gasteiger charge is -2.18. The first-order valence-corrected chi connectivity index (χ1v) is 24.3. The summed E-state index contributed by atoms with van der Waals surface area (Å²) in [4.78, 5) is 37.9. The van der Waals surface area contributed by atoms with Crippen LogP contribution in [0.15, 0.2) is 97.2 Å². The number of hydrogen-bond acceptors (Lipinski definition) is 6. The van der Waals surface area contributed by atoms with Crippen LogP contribution in [0.3, 0.4) is 0 Å². The molecule has 0 aromatic carbocycles. The van der Waals surface area contributed by atoms with E-state index in [9.17, 15) is 14.4 Å². The van der Waals surface area contributed by atoms with Crippen molar-refractivity contribution in [2.24, 2.45) is 0 Å². The van der Waals surface area contributed by atoms with Gasteiger partial charge in [0, 0.05) is 19.3 Å². The summed E-state index contributed by atoms with van der Waals surface area (Å²) in [5.74, 6) is -0.948. The topological polar surface area (TPSA) is 78.9 Å². The fourth-order valence-corrected chi connectivity index (χ4v) is 6.40. The van der Waals surface area contributed by atoms with Gasteiger partial charge in [0.15, 0.2) is 6.10 Å². The van der Waals surface area contributed by atoms with E-state index in [4.69, 9.17) is 14.2 Å². The lowest BCUT2D eigenvalue weighted by Crippen LogP contribution is -2.30. The van der Waals surface area contributed by atoms with Gasteiger partial charge in [-0.1, -0.05) is 227 Å². The smallest absolute Gasteiger partial charge is 0.306 e. The Bertz CT molecular complexity index is 1230. The minimum atomic E-state index is -0.798. The predicted octanol–water partition coefficient (Wildman–Crippen LogP) is 15.8. The van der Waals surface area contributed by atoms with E-state index in [0.717, 1.165) is 109 Å². The van der Waals surface area contributed by atoms with Crippen molar-refractivity contribution >= 4 is 17.9 Å². The molecule has 0 bridgehead atoms. The molecular weight excluding hydrogens is 745 g/mol. The monoisotopic (exact) mass is 833 g/mol. The molecule has 1 atom stereocenters. The van der Waals surface area contributed by atoms with Gasteiger partial charge in [-0.2, -0.15) is 0 Å². The van der Waals surface area contributed by atoms with E-state index in [1.807, 2.05) is 48.6 Å². The third-order valence-corrected chi connectivity index (χ3v) is 10.0. The zero-order valence-electron chi connectivity index (χ0n) is 38.7. The summed E-state index contributed by atoms with van der Waals surface area (Å²) in [6.45, 7) is 6.30. The van der Waals surface area contributed by atoms with Crippen LogP contribution in [-0.2, 0) is 28.6 Å². The van der Waals surface area contributed by atoms with Crippen LogP contribution in [0.5, 0.6) is 0 Å². The van der Waals surface area contributed by atoms with Gasteiger partial charge in [0.1, 0.15) is 13.2 Å². The molecule has 0 saturated heterocycles. The Hall–Kier alpha value is -3.67. The van der Waals surface area contributed by atoms with Crippen LogP contribution in [0.25, 0.3) is 0 Å². The van der Waals surface area contributed by atoms with Crippen LogP contribution in [0, 0.1) is 0 Å². The number of carbonyl (C=O) groups is 3. The van der Waals surface area contributed by atoms with Crippen molar-refractivity contribution in [2.45, 2.75) is 213 Å². The van der Waals surface area contributed by atoms with Gasteiger partial charge in [-0.15, -0.1) is 0 Å². The number of unbranched alkanes of at least 4 members (excludes halogenated alkanes) is 21. The fourth-order valence-electron chi connectivity index (χ4n) is 6.40. The second kappa shape index (κ2) is 48.0. The molecule has 0 aromatic rings. The Kier molecular flexibility index (Phi) is 45.1. The van der Waals surface area contributed by atoms with Crippen molar-refractivity contribution in [3.63, 3.8) is 0 Å². The Morgan fingerprint density at radius 3 is 1.02 bits per heavy atom. The Morgan fingerprint density at radius 2 is 0.650 bits per heavy atom. The number of ether oxygens (including phenoxy) is 3. The Morgan fingerprint density at radius 1 is 0.350 bits per heavy atom. The quantitative estimate of drug-likeness (QED) is 0.0264. The first-order valence-electron chi connectivity index (χ1n) is 24.3. The molecule has 0 rings (SSSR count). The molecular formula is C54H88O6. The second-order valence-electron chi connectivity index (χ2n) is 15.8. The van der Waals surface area contributed by atoms with Crippen LogP contribution in [-0.4, -0.2) is 37.2 Å². The highest BCUT2D eigenvalue weighted by molar-refractivity contribution is 5.71. The summed E-state index contributed by atoms with van der Waals surface area (Å²) in [6.07, 6.45) is 62.4. The number of carbonyl (C=O) groups excluding carboxylic acids is 3. The molecule has 0 saturated carbocycles. The lowest BCUT2D eigenvalue weighted by atomic mass is 10.0. The average Bonchev–Trinajstić information content (AvgIpc) is 3.24. The number of allylic oxidation sites excluding steroid dienone is 16. The second-order valence-corrected chi connectivity index (χ2v) is 15.8. The van der Waals surface area contributed by atoms with Gasteiger partial charge in [0.25, 0.3) is 0 Å². The maximum absolute atomic E-state index is 12.8. The number of hydrogen-bond donors (Lipinski definition) is 0. The molecule has 0 radical (unpaired) electrons. The Labute approximate surface area is 368 Å². The molecule has 340 valence electrons. The van der Waals surface area contributed by atoms with E-state index in [1.165, 1.54) is 57.8 Å². The largest absolute Gasteiger partial charge is 0.462 e. The van der Waals surface area contributed by atoms with Crippen molar-refractivity contribution in [2.75, 3.05) is 13.2 Å². The molecule has 0 fully saturated rings. The highest BCUT2D eigenvalue weighted by Gasteiger charge is 2.19. The molecule has 0 heterocycles. The number of rotatable bonds is 42. The van der Waals surface area contributed by atoms with Crippen molar-refractivity contribution in [3.8, 4) is 0 Å². The molecule has 0 N–H and O–H groups in total. The van der Waals surface area contributed by atoms with E-state index in [-0.39, 0.29) is 31.1 Å². The first kappa shape index (κ1) is 56.3. The minimum Gasteiger partial charge on any atom is -0.462 e. The summed E-state index contributed by atoms with van der Waals surface area (Å²) in [7, 11) is 0. The van der Waals surface area contributed by atoms with E-state index >= 15 is 0 Å². The van der Waals surface area contributed by atoms with Crippen LogP contribution in [0.2, 0.25) is 0 Å². The predicted molar refractivity (Wildman–Crippen MR) is 256 cm³/mol. The molecule has 0 aromatic heterocycles. The summed E-state index contributed by atoms with van der Waals surface area (Å²) in [5, 5.41) is 0. The Balaban J connectivity index is 4.48. The van der Waals surface area contributed by atoms with Crippen molar-refractivity contribution in [1.29, 1.82) is 0 Å². The maximum Gasteiger partial charge on any atom is 0.306 e. The first-order chi connectivity index (χ1) is 29.5. The van der Waals surface area contributed by atoms with Gasteiger partial charge in [0.05, 0.1) is 0 Å². The molecule has 0 spiro atoms. The minimum absolute atomic E-state index is 0.0950. The third-order valence-electron chi connectivity index (χ3n) is 10.0. The summed E-state index contributed by atoms with van der Waals surface area (Å²) < 4.78 is 16.7. The highest BCUT2D eigenvalue weighted by atomic mass is 16.6. The van der Waals surface area contributed by atoms with Crippen molar-refractivity contribution in [3.05, 3.63) is 97.2 Å². The van der Waals surface area contributed by atoms with E-state index in [0.29, 0.717) is 19.3 Å². The maximum atomic E-state index is 12.8. The van der Waals surface area contributed by atoms with Crippen LogP contribution >= 0.6 is 0 Å². The zero-order chi connectivity index (χ0) is 43.7. The van der Waals surface area contributed by atoms with E-state index < -0.39 is 6.10 Å². The summed E-state index contributed by atoms with van der Waals surface area (Å²) in [5.41, 5.74) is 0. The van der Waals surface area contributed by atoms with Crippen molar-refractivity contribution < 1.29 is 28.6 Å². The zero-order valence-corrected chi connectivity index (χ0v) is 38.7. The normalized spacial score (nSPS) is 12.9. The van der Waals surface area contributed by atoms with Gasteiger partial charge in [0.2, 0.25) is 0 Å². The lowest BCUT2D eigenvalue weighted by molar-refractivity contribution is -0.167. The van der Waals surface area contributed by atoms with Gasteiger partial charge in [-0.05, 0) is 57.8 Å². The molecule has 60 heavy (non-hydrogen) atoms. The fraction of sp³-hybridized carbons (Fsp3) is 0.648. The SMILES string of the molecule is CC\C=C/C=C\C=C/C=C\CCCCCCCC(=O)OCC(COC(=O)CCCCCCCCCCCCCC)OC(=O)CCCCCCC\C=C/C=C\C=C/C=C\CC. The molecule has 0 aliphatic carbocycles. The molecule has 0 aliphatic heterocycles. The van der Waals surface area contributed by atoms with Crippen LogP contribution in [0.1, 0.15) is 207 Å². The van der Waals surface area contributed by atoms with Crippen LogP contribution < -0.4 is 0 Å². The van der Waals surface area contributed by atoms with E-state index in [1.54, 1.807) is 0 Å². The standard InChI is InChI=1S/C54H88O6/c1-4-7-10-13-16-19-22-25-27-29-32-35-38-41-44-47-53(56)59-50-51(49-58-52(55)46-43-40-37-34-31-24-21-18-15-12-9-6-3)60-54(57)48-45-42-39-36-33-30-28-26-23-20-17-14-11-8-5-2/h7-8,10-11,13-14,16-17,19-20,22-23,25-28,51H,4-6,9,12,15,18,21,24,29-50H2,1-3H3/b10-7-,11-8-,16-13-,17-14-,22-19-,23-20-,27-25-,28-26-. The van der Waals surface area contributed by atoms with Gasteiger partial charge in [-0.3, -0.25) is 14.4 Å². The van der Waals surface area contributed by atoms with Gasteiger partial charge < -0.3 is 14.2 Å². The number of esters is 3. The third kappa shape index (κ3) is 45.4. The van der Waals surface area contributed by atoms with E-state index in [2.05, 4.69) is 69.4 Å². The molecule has 6 nitrogen and oxygen atoms in total. The molecule has 0 amide bonds. The molecule has 0 aliphatic rings. The summed E-state index contributed by atoms with van der Waals surface area (Å²) in [6, 6.07) is 0. The molecule has 6 heteroatoms. The van der Waals surface area contributed by atoms with Gasteiger partial charge >= 0.3 is 17.9 Å². The average molecular weight is 833 g/mol. The highest BCUT2D eigenvalue weighted by Crippen LogP contribution is 2.14. The van der Waals surface area contributed by atoms with Crippen molar-refractivity contribution in [1.82, 2.24) is 0 Å². The van der Waals surface area contributed by atoms with Gasteiger partial charge in [-0.25, -0.2) is 0 Å². The van der Waals surface area contributed by atoms with Crippen LogP contribution in [0.4, 0.5) is 0 Å². The summed E-state index contributed by atoms with van der Waals surface area (Å²) >= 11 is 0.